The minimum atomic E-state index is -0.465. The lowest BCUT2D eigenvalue weighted by Crippen LogP contribution is -1.84. The minimum Gasteiger partial charge on any atom is -0.356 e. The lowest BCUT2D eigenvalue weighted by molar-refractivity contribution is 0.633. The molecule has 3 heteroatoms. The van der Waals surface area contributed by atoms with Crippen LogP contribution >= 0.6 is 0 Å². The van der Waals surface area contributed by atoms with E-state index in [0.717, 1.165) is 11.1 Å². The van der Waals surface area contributed by atoms with Crippen LogP contribution in [0.15, 0.2) is 18.2 Å². The van der Waals surface area contributed by atoms with E-state index in [1.54, 1.807) is 12.1 Å². The van der Waals surface area contributed by atoms with E-state index in [2.05, 4.69) is 4.98 Å². The van der Waals surface area contributed by atoms with Crippen molar-refractivity contribution >= 4 is 10.9 Å². The summed E-state index contributed by atoms with van der Waals surface area (Å²) in [6.07, 6.45) is 0. The van der Waals surface area contributed by atoms with Gasteiger partial charge in [-0.1, -0.05) is 6.07 Å². The maximum absolute atomic E-state index is 13.4. The molecule has 0 spiro atoms. The summed E-state index contributed by atoms with van der Waals surface area (Å²) >= 11 is 0. The Morgan fingerprint density at radius 1 is 1.46 bits per heavy atom. The summed E-state index contributed by atoms with van der Waals surface area (Å²) in [5, 5.41) is 9.38. The Balaban J connectivity index is 2.87. The normalized spacial score (nSPS) is 10.2. The molecule has 0 amide bonds. The van der Waals surface area contributed by atoms with Gasteiger partial charge in [-0.3, -0.25) is 0 Å². The summed E-state index contributed by atoms with van der Waals surface area (Å²) < 4.78 is 13.4. The number of hydrogen-bond donors (Lipinski definition) is 1. The maximum atomic E-state index is 13.4. The summed E-state index contributed by atoms with van der Waals surface area (Å²) in [5.41, 5.74) is 1.38. The van der Waals surface area contributed by atoms with Crippen LogP contribution in [0.2, 0.25) is 0 Å². The van der Waals surface area contributed by atoms with Crippen LogP contribution < -0.4 is 0 Å². The van der Waals surface area contributed by atoms with E-state index >= 15 is 0 Å². The van der Waals surface area contributed by atoms with Crippen LogP contribution in [0.1, 0.15) is 11.3 Å². The Morgan fingerprint density at radius 2 is 2.23 bits per heavy atom. The number of nitriles is 1. The third-order valence-electron chi connectivity index (χ3n) is 1.99. The molecule has 0 radical (unpaired) electrons. The first-order chi connectivity index (χ1) is 6.22. The van der Waals surface area contributed by atoms with Crippen LogP contribution in [0.4, 0.5) is 4.39 Å². The molecule has 2 nitrogen and oxygen atoms in total. The number of rotatable bonds is 0. The number of aromatic amines is 1. The quantitative estimate of drug-likeness (QED) is 0.654. The Labute approximate surface area is 74.6 Å². The van der Waals surface area contributed by atoms with Crippen LogP contribution in [-0.4, -0.2) is 4.98 Å². The van der Waals surface area contributed by atoms with Crippen molar-refractivity contribution in [1.29, 1.82) is 5.26 Å². The fourth-order valence-electron chi connectivity index (χ4n) is 1.39. The lowest BCUT2D eigenvalue weighted by Gasteiger charge is -1.93. The number of fused-ring (bicyclic) bond motifs is 1. The molecule has 1 N–H and O–H groups in total. The number of nitrogens with one attached hydrogen (secondary N) is 1. The van der Waals surface area contributed by atoms with Gasteiger partial charge in [0, 0.05) is 11.1 Å². The summed E-state index contributed by atoms with van der Waals surface area (Å²) in [6.45, 7) is 1.85. The van der Waals surface area contributed by atoms with Crippen molar-refractivity contribution in [2.45, 2.75) is 6.92 Å². The van der Waals surface area contributed by atoms with Crippen molar-refractivity contribution in [3.05, 3.63) is 35.3 Å². The van der Waals surface area contributed by atoms with Crippen LogP contribution in [0.3, 0.4) is 0 Å². The van der Waals surface area contributed by atoms with Gasteiger partial charge in [-0.25, -0.2) is 4.39 Å². The van der Waals surface area contributed by atoms with Crippen molar-refractivity contribution in [3.8, 4) is 6.07 Å². The first-order valence-electron chi connectivity index (χ1n) is 3.90. The molecule has 0 aliphatic rings. The summed E-state index contributed by atoms with van der Waals surface area (Å²) in [6, 6.07) is 6.88. The third kappa shape index (κ3) is 1.07. The SMILES string of the molecule is Cc1cc2ccc(C#N)c(F)c2[nH]1. The molecule has 0 unspecified atom stereocenters. The summed E-state index contributed by atoms with van der Waals surface area (Å²) in [4.78, 5) is 2.88. The molecule has 0 saturated heterocycles. The molecule has 13 heavy (non-hydrogen) atoms. The fraction of sp³-hybridized carbons (Fsp3) is 0.100. The molecular formula is C10H7FN2. The average molecular weight is 174 g/mol. The molecule has 0 atom stereocenters. The Morgan fingerprint density at radius 3 is 2.92 bits per heavy atom. The van der Waals surface area contributed by atoms with Crippen molar-refractivity contribution in [2.24, 2.45) is 0 Å². The predicted molar refractivity (Wildman–Crippen MR) is 47.7 cm³/mol. The molecule has 64 valence electrons. The number of nitrogens with zero attached hydrogens (tertiary/aromatic N) is 1. The second-order valence-corrected chi connectivity index (χ2v) is 2.96. The highest BCUT2D eigenvalue weighted by Gasteiger charge is 2.07. The van der Waals surface area contributed by atoms with Gasteiger partial charge in [0.1, 0.15) is 6.07 Å². The molecular weight excluding hydrogens is 167 g/mol. The summed E-state index contributed by atoms with van der Waals surface area (Å²) in [7, 11) is 0. The van der Waals surface area contributed by atoms with E-state index in [-0.39, 0.29) is 5.56 Å². The first kappa shape index (κ1) is 7.81. The number of benzene rings is 1. The smallest absolute Gasteiger partial charge is 0.164 e. The van der Waals surface area contributed by atoms with Crippen molar-refractivity contribution in [3.63, 3.8) is 0 Å². The molecule has 0 bridgehead atoms. The lowest BCUT2D eigenvalue weighted by atomic mass is 10.1. The van der Waals surface area contributed by atoms with Gasteiger partial charge in [-0.2, -0.15) is 5.26 Å². The highest BCUT2D eigenvalue weighted by molar-refractivity contribution is 5.82. The molecule has 0 fully saturated rings. The highest BCUT2D eigenvalue weighted by atomic mass is 19.1. The standard InChI is InChI=1S/C10H7FN2/c1-6-4-7-2-3-8(5-12)9(11)10(7)13-6/h2-4,13H,1H3. The monoisotopic (exact) mass is 174 g/mol. The molecule has 0 aliphatic heterocycles. The number of aromatic nitrogens is 1. The average Bonchev–Trinajstić information content (AvgIpc) is 2.47. The van der Waals surface area contributed by atoms with Gasteiger partial charge in [-0.05, 0) is 19.1 Å². The highest BCUT2D eigenvalue weighted by Crippen LogP contribution is 2.20. The zero-order valence-electron chi connectivity index (χ0n) is 7.06. The number of aryl methyl sites for hydroxylation is 1. The molecule has 2 aromatic rings. The van der Waals surface area contributed by atoms with E-state index in [1.807, 2.05) is 13.0 Å². The van der Waals surface area contributed by atoms with Crippen LogP contribution in [0, 0.1) is 24.1 Å². The largest absolute Gasteiger partial charge is 0.356 e. The number of H-pyrrole nitrogens is 1. The maximum Gasteiger partial charge on any atom is 0.164 e. The predicted octanol–water partition coefficient (Wildman–Crippen LogP) is 2.49. The van der Waals surface area contributed by atoms with Crippen molar-refractivity contribution < 1.29 is 4.39 Å². The van der Waals surface area contributed by atoms with Crippen LogP contribution in [0.5, 0.6) is 0 Å². The van der Waals surface area contributed by atoms with Crippen molar-refractivity contribution in [1.82, 2.24) is 4.98 Å². The third-order valence-corrected chi connectivity index (χ3v) is 1.99. The number of hydrogen-bond acceptors (Lipinski definition) is 1. The zero-order chi connectivity index (χ0) is 9.42. The van der Waals surface area contributed by atoms with Gasteiger partial charge < -0.3 is 4.98 Å². The van der Waals surface area contributed by atoms with E-state index < -0.39 is 5.82 Å². The molecule has 1 aromatic heterocycles. The molecule has 1 heterocycles. The number of halogens is 1. The van der Waals surface area contributed by atoms with Gasteiger partial charge >= 0.3 is 0 Å². The van der Waals surface area contributed by atoms with E-state index in [0.29, 0.717) is 5.52 Å². The Bertz CT molecular complexity index is 505. The van der Waals surface area contributed by atoms with Gasteiger partial charge in [-0.15, -0.1) is 0 Å². The second-order valence-electron chi connectivity index (χ2n) is 2.96. The first-order valence-corrected chi connectivity index (χ1v) is 3.90. The Hall–Kier alpha value is -1.82. The fourth-order valence-corrected chi connectivity index (χ4v) is 1.39. The molecule has 1 aromatic carbocycles. The minimum absolute atomic E-state index is 0.0781. The molecule has 0 saturated carbocycles. The van der Waals surface area contributed by atoms with E-state index in [9.17, 15) is 4.39 Å². The van der Waals surface area contributed by atoms with Crippen LogP contribution in [0.25, 0.3) is 10.9 Å². The topological polar surface area (TPSA) is 39.6 Å². The Kier molecular flexibility index (Phi) is 1.56. The zero-order valence-corrected chi connectivity index (χ0v) is 7.06. The van der Waals surface area contributed by atoms with E-state index in [4.69, 9.17) is 5.26 Å². The second kappa shape index (κ2) is 2.60. The van der Waals surface area contributed by atoms with Gasteiger partial charge in [0.05, 0.1) is 11.1 Å². The van der Waals surface area contributed by atoms with Gasteiger partial charge in [0.15, 0.2) is 5.82 Å². The molecule has 2 rings (SSSR count). The van der Waals surface area contributed by atoms with Crippen molar-refractivity contribution in [2.75, 3.05) is 0 Å². The molecule has 0 aliphatic carbocycles. The van der Waals surface area contributed by atoms with Gasteiger partial charge in [0.2, 0.25) is 0 Å². The van der Waals surface area contributed by atoms with Gasteiger partial charge in [0.25, 0.3) is 0 Å². The van der Waals surface area contributed by atoms with Crippen LogP contribution in [-0.2, 0) is 0 Å². The van der Waals surface area contributed by atoms with E-state index in [1.165, 1.54) is 6.07 Å². The summed E-state index contributed by atoms with van der Waals surface area (Å²) in [5.74, 6) is -0.465.